The molecule has 2 aromatic carbocycles. The summed E-state index contributed by atoms with van der Waals surface area (Å²) in [7, 11) is 0. The van der Waals surface area contributed by atoms with Crippen LogP contribution in [0.5, 0.6) is 0 Å². The van der Waals surface area contributed by atoms with Crippen molar-refractivity contribution in [1.82, 2.24) is 5.01 Å². The number of benzene rings is 2. The molecule has 1 aromatic heterocycles. The van der Waals surface area contributed by atoms with Gasteiger partial charge in [0.1, 0.15) is 16.9 Å². The fraction of sp³-hybridized carbons (Fsp3) is 0.0455. The Hall–Kier alpha value is -3.49. The Kier molecular flexibility index (Phi) is 4.80. The van der Waals surface area contributed by atoms with Crippen LogP contribution in [0.15, 0.2) is 79.7 Å². The lowest BCUT2D eigenvalue weighted by atomic mass is 10.1. The molecule has 0 fully saturated rings. The average Bonchev–Trinajstić information content (AvgIpc) is 3.17. The molecule has 0 aliphatic carbocycles. The summed E-state index contributed by atoms with van der Waals surface area (Å²) in [6.45, 7) is 0. The number of amides is 1. The monoisotopic (exact) mass is 448 g/mol. The fourth-order valence-electron chi connectivity index (χ4n) is 3.23. The van der Waals surface area contributed by atoms with Crippen molar-refractivity contribution in [2.24, 2.45) is 10.1 Å². The van der Waals surface area contributed by atoms with Gasteiger partial charge in [0.2, 0.25) is 5.17 Å². The van der Waals surface area contributed by atoms with Gasteiger partial charge in [0, 0.05) is 11.4 Å². The first-order valence-electron chi connectivity index (χ1n) is 9.24. The number of hydrazone groups is 1. The van der Waals surface area contributed by atoms with Crippen LogP contribution in [-0.2, 0) is 11.2 Å². The summed E-state index contributed by atoms with van der Waals surface area (Å²) in [6, 6.07) is 14.2. The van der Waals surface area contributed by atoms with Gasteiger partial charge in [-0.3, -0.25) is 15.0 Å². The van der Waals surface area contributed by atoms with Crippen molar-refractivity contribution in [3.63, 3.8) is 0 Å². The fourth-order valence-corrected chi connectivity index (χ4v) is 4.27. The number of nitrogens with zero attached hydrogens (tertiary/aromatic N) is 3. The van der Waals surface area contributed by atoms with Crippen molar-refractivity contribution >= 4 is 62.4 Å². The number of amidine groups is 2. The summed E-state index contributed by atoms with van der Waals surface area (Å²) in [5, 5.41) is 16.3. The minimum absolute atomic E-state index is 0.0246. The lowest BCUT2D eigenvalue weighted by Gasteiger charge is -2.20. The molecule has 0 bridgehead atoms. The maximum absolute atomic E-state index is 12.7. The summed E-state index contributed by atoms with van der Waals surface area (Å²) in [6.07, 6.45) is 3.14. The highest BCUT2D eigenvalue weighted by Gasteiger charge is 2.35. The predicted octanol–water partition coefficient (Wildman–Crippen LogP) is 4.31. The molecule has 1 amide bonds. The molecular formula is C22H13ClN4O3S. The van der Waals surface area contributed by atoms with E-state index < -0.39 is 5.91 Å². The van der Waals surface area contributed by atoms with Crippen LogP contribution in [0, 0.1) is 5.41 Å². The number of aliphatic imine (C=N–C) groups is 1. The Labute approximate surface area is 185 Å². The molecule has 3 heterocycles. The van der Waals surface area contributed by atoms with Crippen molar-refractivity contribution < 1.29 is 9.21 Å². The summed E-state index contributed by atoms with van der Waals surface area (Å²) in [4.78, 5) is 29.4. The number of carbonyl (C=O) groups is 1. The molecule has 31 heavy (non-hydrogen) atoms. The highest BCUT2D eigenvalue weighted by atomic mass is 35.5. The van der Waals surface area contributed by atoms with Crippen molar-refractivity contribution in [3.05, 3.63) is 86.7 Å². The Morgan fingerprint density at radius 1 is 1.13 bits per heavy atom. The van der Waals surface area contributed by atoms with Gasteiger partial charge < -0.3 is 4.42 Å². The SMILES string of the molecule is N=C1/C(=C\c2coc3ccccc3c2=O)C(=O)N=C2SC(Cc3ccc(Cl)cc3)=NN12. The van der Waals surface area contributed by atoms with Gasteiger partial charge >= 0.3 is 0 Å². The van der Waals surface area contributed by atoms with E-state index in [0.717, 1.165) is 5.56 Å². The van der Waals surface area contributed by atoms with E-state index in [4.69, 9.17) is 21.4 Å². The molecule has 5 rings (SSSR count). The molecule has 7 nitrogen and oxygen atoms in total. The first-order chi connectivity index (χ1) is 15.0. The molecule has 0 spiro atoms. The average molecular weight is 449 g/mol. The normalized spacial score (nSPS) is 17.2. The lowest BCUT2D eigenvalue weighted by Crippen LogP contribution is -2.35. The zero-order chi connectivity index (χ0) is 21.5. The third-order valence-electron chi connectivity index (χ3n) is 4.77. The largest absolute Gasteiger partial charge is 0.463 e. The second-order valence-electron chi connectivity index (χ2n) is 6.83. The second-order valence-corrected chi connectivity index (χ2v) is 8.31. The van der Waals surface area contributed by atoms with Crippen molar-refractivity contribution in [2.75, 3.05) is 0 Å². The van der Waals surface area contributed by atoms with E-state index in [1.54, 1.807) is 36.4 Å². The number of thioether (sulfide) groups is 1. The van der Waals surface area contributed by atoms with Gasteiger partial charge in [-0.25, -0.2) is 0 Å². The quantitative estimate of drug-likeness (QED) is 0.602. The maximum atomic E-state index is 12.7. The molecule has 2 aliphatic heterocycles. The molecule has 0 radical (unpaired) electrons. The van der Waals surface area contributed by atoms with Gasteiger partial charge in [-0.15, -0.1) is 0 Å². The first-order valence-corrected chi connectivity index (χ1v) is 10.4. The minimum Gasteiger partial charge on any atom is -0.463 e. The third kappa shape index (κ3) is 3.60. The first kappa shape index (κ1) is 19.5. The minimum atomic E-state index is -0.598. The second kappa shape index (κ2) is 7.64. The molecule has 3 aromatic rings. The molecule has 1 N–H and O–H groups in total. The van der Waals surface area contributed by atoms with Crippen LogP contribution < -0.4 is 5.43 Å². The van der Waals surface area contributed by atoms with Gasteiger partial charge in [-0.2, -0.15) is 15.1 Å². The van der Waals surface area contributed by atoms with Gasteiger partial charge in [-0.05, 0) is 47.7 Å². The van der Waals surface area contributed by atoms with Gasteiger partial charge in [0.25, 0.3) is 5.91 Å². The van der Waals surface area contributed by atoms with E-state index in [-0.39, 0.29) is 22.4 Å². The Morgan fingerprint density at radius 3 is 2.71 bits per heavy atom. The van der Waals surface area contributed by atoms with Gasteiger partial charge in [0.05, 0.1) is 16.5 Å². The molecule has 2 aliphatic rings. The van der Waals surface area contributed by atoms with E-state index in [2.05, 4.69) is 10.1 Å². The highest BCUT2D eigenvalue weighted by molar-refractivity contribution is 8.26. The molecule has 9 heteroatoms. The molecule has 152 valence electrons. The van der Waals surface area contributed by atoms with E-state index in [0.29, 0.717) is 32.6 Å². The van der Waals surface area contributed by atoms with E-state index in [1.807, 2.05) is 12.1 Å². The van der Waals surface area contributed by atoms with Crippen molar-refractivity contribution in [1.29, 1.82) is 5.41 Å². The number of hydrogen-bond donors (Lipinski definition) is 1. The van der Waals surface area contributed by atoms with Gasteiger partial charge in [-0.1, -0.05) is 35.9 Å². The standard InChI is InChI=1S/C22H13ClN4O3S/c23-14-7-5-12(6-8-14)9-18-26-27-20(24)16(21(29)25-22(27)31-18)10-13-11-30-17-4-2-1-3-15(17)19(13)28/h1-8,10-11,24H,9H2/b16-10+,24-20?. The summed E-state index contributed by atoms with van der Waals surface area (Å²) in [5.41, 5.74) is 1.31. The van der Waals surface area contributed by atoms with Crippen LogP contribution in [0.2, 0.25) is 5.02 Å². The number of rotatable bonds is 3. The van der Waals surface area contributed by atoms with Crippen LogP contribution >= 0.6 is 23.4 Å². The smallest absolute Gasteiger partial charge is 0.283 e. The number of halogens is 1. The van der Waals surface area contributed by atoms with Crippen molar-refractivity contribution in [3.8, 4) is 0 Å². The Bertz CT molecular complexity index is 1410. The zero-order valence-electron chi connectivity index (χ0n) is 15.8. The van der Waals surface area contributed by atoms with Gasteiger partial charge in [0.15, 0.2) is 11.3 Å². The van der Waals surface area contributed by atoms with Crippen molar-refractivity contribution in [2.45, 2.75) is 6.42 Å². The lowest BCUT2D eigenvalue weighted by molar-refractivity contribution is -0.114. The summed E-state index contributed by atoms with van der Waals surface area (Å²) < 4.78 is 5.50. The summed E-state index contributed by atoms with van der Waals surface area (Å²) in [5.74, 6) is -0.736. The number of nitrogens with one attached hydrogen (secondary N) is 1. The van der Waals surface area contributed by atoms with Crippen LogP contribution in [0.1, 0.15) is 11.1 Å². The topological polar surface area (TPSA) is 99.1 Å². The van der Waals surface area contributed by atoms with E-state index in [1.165, 1.54) is 29.1 Å². The number of fused-ring (bicyclic) bond motifs is 2. The third-order valence-corrected chi connectivity index (χ3v) is 5.93. The Morgan fingerprint density at radius 2 is 1.90 bits per heavy atom. The highest BCUT2D eigenvalue weighted by Crippen LogP contribution is 2.29. The van der Waals surface area contributed by atoms with Crippen LogP contribution in [0.3, 0.4) is 0 Å². The van der Waals surface area contributed by atoms with Crippen LogP contribution in [-0.4, -0.2) is 27.0 Å². The molecule has 0 unspecified atom stereocenters. The summed E-state index contributed by atoms with van der Waals surface area (Å²) >= 11 is 7.16. The van der Waals surface area contributed by atoms with Crippen LogP contribution in [0.4, 0.5) is 0 Å². The predicted molar refractivity (Wildman–Crippen MR) is 123 cm³/mol. The number of para-hydroxylation sites is 1. The molecule has 0 saturated heterocycles. The molecular weight excluding hydrogens is 436 g/mol. The van der Waals surface area contributed by atoms with E-state index in [9.17, 15) is 9.59 Å². The molecule has 0 saturated carbocycles. The van der Waals surface area contributed by atoms with E-state index >= 15 is 0 Å². The maximum Gasteiger partial charge on any atom is 0.283 e. The Balaban J connectivity index is 1.47. The zero-order valence-corrected chi connectivity index (χ0v) is 17.4. The number of carbonyl (C=O) groups excluding carboxylic acids is 1. The van der Waals surface area contributed by atoms with Crippen LogP contribution in [0.25, 0.3) is 17.0 Å². The number of hydrogen-bond acceptors (Lipinski definition) is 6. The molecule has 0 atom stereocenters.